The van der Waals surface area contributed by atoms with Crippen LogP contribution in [0.4, 0.5) is 11.4 Å². The molecule has 1 aliphatic heterocycles. The monoisotopic (exact) mass is 380 g/mol. The highest BCUT2D eigenvalue weighted by Gasteiger charge is 2.16. The van der Waals surface area contributed by atoms with Crippen LogP contribution in [0, 0.1) is 5.92 Å². The number of pyridine rings is 1. The fourth-order valence-electron chi connectivity index (χ4n) is 3.26. The van der Waals surface area contributed by atoms with E-state index in [1.807, 2.05) is 38.1 Å². The molecule has 0 bridgehead atoms. The zero-order valence-electron chi connectivity index (χ0n) is 16.7. The van der Waals surface area contributed by atoms with Crippen LogP contribution in [0.3, 0.4) is 0 Å². The van der Waals surface area contributed by atoms with E-state index in [2.05, 4.69) is 27.4 Å². The Morgan fingerprint density at radius 3 is 2.39 bits per heavy atom. The van der Waals surface area contributed by atoms with Gasteiger partial charge in [0, 0.05) is 42.3 Å². The van der Waals surface area contributed by atoms with Gasteiger partial charge < -0.3 is 15.5 Å². The van der Waals surface area contributed by atoms with Crippen molar-refractivity contribution in [2.45, 2.75) is 39.7 Å². The molecule has 28 heavy (non-hydrogen) atoms. The molecule has 0 radical (unpaired) electrons. The number of hydrogen-bond acceptors (Lipinski definition) is 4. The van der Waals surface area contributed by atoms with Gasteiger partial charge in [-0.15, -0.1) is 0 Å². The van der Waals surface area contributed by atoms with Gasteiger partial charge in [-0.05, 0) is 69.0 Å². The van der Waals surface area contributed by atoms with E-state index in [0.29, 0.717) is 11.3 Å². The third-order valence-corrected chi connectivity index (χ3v) is 4.95. The molecular weight excluding hydrogens is 352 g/mol. The molecule has 2 N–H and O–H groups in total. The van der Waals surface area contributed by atoms with Gasteiger partial charge in [0.25, 0.3) is 11.8 Å². The zero-order valence-corrected chi connectivity index (χ0v) is 16.7. The number of carbonyl (C=O) groups is 2. The van der Waals surface area contributed by atoms with E-state index in [1.54, 1.807) is 6.07 Å². The van der Waals surface area contributed by atoms with Crippen LogP contribution in [0.2, 0.25) is 0 Å². The van der Waals surface area contributed by atoms with E-state index < -0.39 is 0 Å². The molecule has 1 aromatic carbocycles. The predicted octanol–water partition coefficient (Wildman–Crippen LogP) is 3.71. The van der Waals surface area contributed by atoms with Crippen LogP contribution in [0.1, 0.15) is 54.5 Å². The Morgan fingerprint density at radius 2 is 1.75 bits per heavy atom. The van der Waals surface area contributed by atoms with Gasteiger partial charge in [0.05, 0.1) is 0 Å². The molecule has 3 rings (SSSR count). The van der Waals surface area contributed by atoms with Crippen molar-refractivity contribution in [1.82, 2.24) is 10.3 Å². The minimum atomic E-state index is -0.334. The molecule has 0 unspecified atom stereocenters. The molecule has 0 atom stereocenters. The van der Waals surface area contributed by atoms with Gasteiger partial charge in [0.1, 0.15) is 5.69 Å². The van der Waals surface area contributed by atoms with Crippen molar-refractivity contribution in [2.75, 3.05) is 23.3 Å². The molecule has 6 heteroatoms. The highest BCUT2D eigenvalue weighted by molar-refractivity contribution is 6.04. The first-order valence-electron chi connectivity index (χ1n) is 9.85. The Kier molecular flexibility index (Phi) is 6.29. The quantitative estimate of drug-likeness (QED) is 0.829. The van der Waals surface area contributed by atoms with Crippen LogP contribution in [-0.2, 0) is 0 Å². The van der Waals surface area contributed by atoms with E-state index >= 15 is 0 Å². The van der Waals surface area contributed by atoms with E-state index in [-0.39, 0.29) is 23.6 Å². The Labute approximate surface area is 166 Å². The summed E-state index contributed by atoms with van der Waals surface area (Å²) in [5.41, 5.74) is 2.52. The molecule has 0 spiro atoms. The number of rotatable bonds is 5. The molecule has 148 valence electrons. The lowest BCUT2D eigenvalue weighted by molar-refractivity contribution is 0.0943. The number of anilines is 2. The van der Waals surface area contributed by atoms with Gasteiger partial charge in [0.15, 0.2) is 0 Å². The summed E-state index contributed by atoms with van der Waals surface area (Å²) >= 11 is 0. The molecule has 2 heterocycles. The lowest BCUT2D eigenvalue weighted by Crippen LogP contribution is -2.32. The smallest absolute Gasteiger partial charge is 0.274 e. The Bertz CT molecular complexity index is 825. The molecule has 2 amide bonds. The van der Waals surface area contributed by atoms with Gasteiger partial charge in [0.2, 0.25) is 0 Å². The van der Waals surface area contributed by atoms with E-state index in [1.165, 1.54) is 30.8 Å². The maximum atomic E-state index is 12.5. The van der Waals surface area contributed by atoms with Crippen molar-refractivity contribution >= 4 is 23.2 Å². The third-order valence-electron chi connectivity index (χ3n) is 4.95. The van der Waals surface area contributed by atoms with Crippen LogP contribution in [0.5, 0.6) is 0 Å². The summed E-state index contributed by atoms with van der Waals surface area (Å²) in [6, 6.07) is 11.0. The maximum Gasteiger partial charge on any atom is 0.274 e. The van der Waals surface area contributed by atoms with E-state index in [9.17, 15) is 9.59 Å². The second kappa shape index (κ2) is 8.87. The van der Waals surface area contributed by atoms with Gasteiger partial charge in [-0.2, -0.15) is 0 Å². The molecule has 1 aliphatic rings. The van der Waals surface area contributed by atoms with Crippen molar-refractivity contribution in [2.24, 2.45) is 5.92 Å². The Hall–Kier alpha value is -2.89. The molecule has 1 saturated heterocycles. The molecular formula is C22H28N4O2. The van der Waals surface area contributed by atoms with Crippen LogP contribution in [-0.4, -0.2) is 35.9 Å². The second-order valence-corrected chi connectivity index (χ2v) is 7.73. The Balaban J connectivity index is 1.64. The average Bonchev–Trinajstić information content (AvgIpc) is 2.69. The topological polar surface area (TPSA) is 74.3 Å². The SMILES string of the molecule is CC1CCN(c2ccc(NC(=O)c3cc(C(=O)NC(C)C)ccn3)cc2)CC1. The maximum absolute atomic E-state index is 12.5. The summed E-state index contributed by atoms with van der Waals surface area (Å²) < 4.78 is 0. The van der Waals surface area contributed by atoms with E-state index in [4.69, 9.17) is 0 Å². The first-order valence-corrected chi connectivity index (χ1v) is 9.85. The molecule has 6 nitrogen and oxygen atoms in total. The molecule has 2 aromatic rings. The normalized spacial score (nSPS) is 14.8. The van der Waals surface area contributed by atoms with Crippen LogP contribution in [0.25, 0.3) is 0 Å². The molecule has 0 saturated carbocycles. The van der Waals surface area contributed by atoms with E-state index in [0.717, 1.165) is 19.0 Å². The number of nitrogens with one attached hydrogen (secondary N) is 2. The van der Waals surface area contributed by atoms with Crippen LogP contribution in [0.15, 0.2) is 42.6 Å². The molecule has 1 aromatic heterocycles. The third kappa shape index (κ3) is 5.09. The fourth-order valence-corrected chi connectivity index (χ4v) is 3.26. The summed E-state index contributed by atoms with van der Waals surface area (Å²) in [5.74, 6) is 0.242. The average molecular weight is 380 g/mol. The summed E-state index contributed by atoms with van der Waals surface area (Å²) in [6.07, 6.45) is 3.90. The van der Waals surface area contributed by atoms with Crippen molar-refractivity contribution < 1.29 is 9.59 Å². The first-order chi connectivity index (χ1) is 13.4. The summed E-state index contributed by atoms with van der Waals surface area (Å²) in [5, 5.41) is 5.66. The number of piperidine rings is 1. The zero-order chi connectivity index (χ0) is 20.1. The fraction of sp³-hybridized carbons (Fsp3) is 0.409. The minimum absolute atomic E-state index is 0.0274. The van der Waals surface area contributed by atoms with Crippen molar-refractivity contribution in [1.29, 1.82) is 0 Å². The number of benzene rings is 1. The van der Waals surface area contributed by atoms with Crippen molar-refractivity contribution in [3.05, 3.63) is 53.9 Å². The van der Waals surface area contributed by atoms with Gasteiger partial charge in [-0.3, -0.25) is 14.6 Å². The predicted molar refractivity (Wildman–Crippen MR) is 112 cm³/mol. The number of aromatic nitrogens is 1. The molecule has 0 aliphatic carbocycles. The lowest BCUT2D eigenvalue weighted by Gasteiger charge is -2.32. The summed E-state index contributed by atoms with van der Waals surface area (Å²) in [7, 11) is 0. The van der Waals surface area contributed by atoms with Gasteiger partial charge >= 0.3 is 0 Å². The highest BCUT2D eigenvalue weighted by atomic mass is 16.2. The van der Waals surface area contributed by atoms with Crippen LogP contribution >= 0.6 is 0 Å². The summed E-state index contributed by atoms with van der Waals surface area (Å²) in [4.78, 5) is 31.1. The number of amides is 2. The summed E-state index contributed by atoms with van der Waals surface area (Å²) in [6.45, 7) is 8.22. The Morgan fingerprint density at radius 1 is 1.07 bits per heavy atom. The van der Waals surface area contributed by atoms with Crippen LogP contribution < -0.4 is 15.5 Å². The highest BCUT2D eigenvalue weighted by Crippen LogP contribution is 2.24. The van der Waals surface area contributed by atoms with Gasteiger partial charge in [-0.1, -0.05) is 6.92 Å². The van der Waals surface area contributed by atoms with Crippen molar-refractivity contribution in [3.63, 3.8) is 0 Å². The lowest BCUT2D eigenvalue weighted by atomic mass is 9.99. The standard InChI is InChI=1S/C22H28N4O2/c1-15(2)24-21(27)17-8-11-23-20(14-17)22(28)25-18-4-6-19(7-5-18)26-12-9-16(3)10-13-26/h4-8,11,14-16H,9-10,12-13H2,1-3H3,(H,24,27)(H,25,28). The second-order valence-electron chi connectivity index (χ2n) is 7.73. The molecule has 1 fully saturated rings. The number of carbonyl (C=O) groups excluding carboxylic acids is 2. The minimum Gasteiger partial charge on any atom is -0.372 e. The largest absolute Gasteiger partial charge is 0.372 e. The number of hydrogen-bond donors (Lipinski definition) is 2. The van der Waals surface area contributed by atoms with Crippen molar-refractivity contribution in [3.8, 4) is 0 Å². The number of nitrogens with zero attached hydrogens (tertiary/aromatic N) is 2. The first kappa shape index (κ1) is 19.9. The van der Waals surface area contributed by atoms with Gasteiger partial charge in [-0.25, -0.2) is 0 Å².